The van der Waals surface area contributed by atoms with Crippen LogP contribution in [-0.2, 0) is 6.54 Å². The van der Waals surface area contributed by atoms with Crippen LogP contribution < -0.4 is 5.32 Å². The molecule has 4 rings (SSSR count). The summed E-state index contributed by atoms with van der Waals surface area (Å²) in [7, 11) is 0. The van der Waals surface area contributed by atoms with Gasteiger partial charge in [-0.05, 0) is 63.9 Å². The molecule has 0 bridgehead atoms. The van der Waals surface area contributed by atoms with Crippen molar-refractivity contribution >= 4 is 28.3 Å². The monoisotopic (exact) mass is 385 g/mol. The second kappa shape index (κ2) is 7.82. The number of hydrogen-bond acceptors (Lipinski definition) is 6. The Morgan fingerprint density at radius 3 is 2.78 bits per heavy atom. The molecule has 3 aromatic rings. The van der Waals surface area contributed by atoms with Crippen molar-refractivity contribution in [3.63, 3.8) is 0 Å². The van der Waals surface area contributed by atoms with Gasteiger partial charge in [0.05, 0.1) is 17.8 Å². The first-order valence-corrected chi connectivity index (χ1v) is 9.75. The molecule has 7 heteroatoms. The second-order valence-electron chi connectivity index (χ2n) is 7.23. The number of hydrogen-bond donors (Lipinski definition) is 1. The zero-order valence-corrected chi connectivity index (χ0v) is 16.5. The summed E-state index contributed by atoms with van der Waals surface area (Å²) < 4.78 is 5.71. The van der Waals surface area contributed by atoms with Crippen molar-refractivity contribution in [2.24, 2.45) is 5.92 Å². The van der Waals surface area contributed by atoms with Crippen LogP contribution in [0.1, 0.15) is 30.2 Å². The summed E-state index contributed by atoms with van der Waals surface area (Å²) in [5.74, 6) is 3.26. The van der Waals surface area contributed by atoms with Gasteiger partial charge in [0, 0.05) is 17.0 Å². The van der Waals surface area contributed by atoms with Gasteiger partial charge >= 0.3 is 0 Å². The third kappa shape index (κ3) is 4.22. The molecule has 1 aliphatic heterocycles. The molecule has 0 aliphatic carbocycles. The summed E-state index contributed by atoms with van der Waals surface area (Å²) in [5.41, 5.74) is 1.86. The number of aromatic nitrogens is 3. The average molecular weight is 386 g/mol. The number of rotatable bonds is 5. The van der Waals surface area contributed by atoms with Crippen molar-refractivity contribution in [3.05, 3.63) is 46.9 Å². The Morgan fingerprint density at radius 1 is 1.22 bits per heavy atom. The lowest BCUT2D eigenvalue weighted by Gasteiger charge is -2.31. The molecule has 0 unspecified atom stereocenters. The predicted molar refractivity (Wildman–Crippen MR) is 107 cm³/mol. The van der Waals surface area contributed by atoms with Crippen LogP contribution in [0.25, 0.3) is 10.9 Å². The molecule has 0 spiro atoms. The third-order valence-electron chi connectivity index (χ3n) is 5.30. The van der Waals surface area contributed by atoms with E-state index in [0.717, 1.165) is 73.1 Å². The van der Waals surface area contributed by atoms with Gasteiger partial charge in [0.2, 0.25) is 5.89 Å². The fourth-order valence-corrected chi connectivity index (χ4v) is 3.73. The smallest absolute Gasteiger partial charge is 0.208 e. The fourth-order valence-electron chi connectivity index (χ4n) is 3.56. The molecule has 142 valence electrons. The van der Waals surface area contributed by atoms with Crippen molar-refractivity contribution in [2.75, 3.05) is 25.0 Å². The van der Waals surface area contributed by atoms with Gasteiger partial charge in [-0.15, -0.1) is 0 Å². The van der Waals surface area contributed by atoms with Crippen molar-refractivity contribution in [1.29, 1.82) is 0 Å². The largest absolute Gasteiger partial charge is 0.444 e. The minimum Gasteiger partial charge on any atom is -0.444 e. The van der Waals surface area contributed by atoms with E-state index >= 15 is 0 Å². The Hall–Kier alpha value is -2.18. The maximum atomic E-state index is 6.05. The van der Waals surface area contributed by atoms with Gasteiger partial charge in [-0.2, -0.15) is 0 Å². The molecule has 0 amide bonds. The maximum absolute atomic E-state index is 6.05. The number of aryl methyl sites for hydroxylation is 2. The van der Waals surface area contributed by atoms with Gasteiger partial charge in [-0.3, -0.25) is 4.90 Å². The number of nitrogens with one attached hydrogen (secondary N) is 1. The van der Waals surface area contributed by atoms with Gasteiger partial charge < -0.3 is 9.73 Å². The van der Waals surface area contributed by atoms with Gasteiger partial charge in [0.15, 0.2) is 0 Å². The molecule has 0 saturated carbocycles. The molecule has 0 atom stereocenters. The Labute approximate surface area is 164 Å². The highest BCUT2D eigenvalue weighted by atomic mass is 35.5. The van der Waals surface area contributed by atoms with Crippen LogP contribution in [0, 0.1) is 19.8 Å². The number of nitrogens with zero attached hydrogens (tertiary/aromatic N) is 4. The van der Waals surface area contributed by atoms with Crippen molar-refractivity contribution < 1.29 is 4.42 Å². The van der Waals surface area contributed by atoms with E-state index in [2.05, 4.69) is 25.2 Å². The van der Waals surface area contributed by atoms with E-state index in [1.165, 1.54) is 0 Å². The molecule has 2 aromatic heterocycles. The standard InChI is InChI=1S/C20H24ClN5O/c1-13-14(2)27-19(25-13)11-26-7-5-15(6-8-26)10-22-20-17-4-3-16(21)9-18(17)23-12-24-20/h3-4,9,12,15H,5-8,10-11H2,1-2H3,(H,22,23,24). The molecule has 1 N–H and O–H groups in total. The molecule has 1 fully saturated rings. The Kier molecular flexibility index (Phi) is 5.27. The van der Waals surface area contributed by atoms with Crippen LogP contribution in [0.5, 0.6) is 0 Å². The molecule has 3 heterocycles. The SMILES string of the molecule is Cc1nc(CN2CCC(CNc3ncnc4cc(Cl)ccc34)CC2)oc1C. The highest BCUT2D eigenvalue weighted by molar-refractivity contribution is 6.31. The zero-order valence-electron chi connectivity index (χ0n) is 15.7. The summed E-state index contributed by atoms with van der Waals surface area (Å²) >= 11 is 6.05. The van der Waals surface area contributed by atoms with E-state index in [1.54, 1.807) is 6.33 Å². The van der Waals surface area contributed by atoms with Crippen LogP contribution in [0.15, 0.2) is 28.9 Å². The highest BCUT2D eigenvalue weighted by Gasteiger charge is 2.21. The first-order valence-electron chi connectivity index (χ1n) is 9.38. The minimum atomic E-state index is 0.631. The molecular formula is C20H24ClN5O. The molecule has 6 nitrogen and oxygen atoms in total. The van der Waals surface area contributed by atoms with E-state index in [4.69, 9.17) is 16.0 Å². The number of halogens is 1. The van der Waals surface area contributed by atoms with Crippen LogP contribution >= 0.6 is 11.6 Å². The zero-order chi connectivity index (χ0) is 18.8. The van der Waals surface area contributed by atoms with Crippen molar-refractivity contribution in [1.82, 2.24) is 19.9 Å². The van der Waals surface area contributed by atoms with Crippen LogP contribution in [-0.4, -0.2) is 39.5 Å². The van der Waals surface area contributed by atoms with Crippen LogP contribution in [0.4, 0.5) is 5.82 Å². The molecular weight excluding hydrogens is 362 g/mol. The number of piperidine rings is 1. The average Bonchev–Trinajstić information content (AvgIpc) is 2.98. The third-order valence-corrected chi connectivity index (χ3v) is 5.53. The van der Waals surface area contributed by atoms with Crippen molar-refractivity contribution in [2.45, 2.75) is 33.2 Å². The Morgan fingerprint density at radius 2 is 2.04 bits per heavy atom. The van der Waals surface area contributed by atoms with Crippen molar-refractivity contribution in [3.8, 4) is 0 Å². The summed E-state index contributed by atoms with van der Waals surface area (Å²) in [6.07, 6.45) is 3.89. The van der Waals surface area contributed by atoms with E-state index < -0.39 is 0 Å². The Bertz CT molecular complexity index is 914. The molecule has 0 radical (unpaired) electrons. The summed E-state index contributed by atoms with van der Waals surface area (Å²) in [4.78, 5) is 15.6. The molecule has 27 heavy (non-hydrogen) atoms. The maximum Gasteiger partial charge on any atom is 0.208 e. The van der Waals surface area contributed by atoms with E-state index in [9.17, 15) is 0 Å². The van der Waals surface area contributed by atoms with E-state index in [0.29, 0.717) is 10.9 Å². The van der Waals surface area contributed by atoms with E-state index in [-0.39, 0.29) is 0 Å². The Balaban J connectivity index is 1.31. The lowest BCUT2D eigenvalue weighted by molar-refractivity contribution is 0.167. The normalized spacial score (nSPS) is 16.1. The number of benzene rings is 1. The topological polar surface area (TPSA) is 67.1 Å². The summed E-state index contributed by atoms with van der Waals surface area (Å²) in [6, 6.07) is 5.72. The predicted octanol–water partition coefficient (Wildman–Crippen LogP) is 4.21. The van der Waals surface area contributed by atoms with E-state index in [1.807, 2.05) is 32.0 Å². The van der Waals surface area contributed by atoms with Crippen LogP contribution in [0.3, 0.4) is 0 Å². The lowest BCUT2D eigenvalue weighted by atomic mass is 9.97. The number of oxazole rings is 1. The minimum absolute atomic E-state index is 0.631. The number of likely N-dealkylation sites (tertiary alicyclic amines) is 1. The number of fused-ring (bicyclic) bond motifs is 1. The molecule has 1 aliphatic rings. The lowest BCUT2D eigenvalue weighted by Crippen LogP contribution is -2.35. The van der Waals surface area contributed by atoms with Gasteiger partial charge in [-0.25, -0.2) is 15.0 Å². The number of anilines is 1. The fraction of sp³-hybridized carbons (Fsp3) is 0.450. The van der Waals surface area contributed by atoms with Gasteiger partial charge in [0.25, 0.3) is 0 Å². The molecule has 1 saturated heterocycles. The highest BCUT2D eigenvalue weighted by Crippen LogP contribution is 2.24. The summed E-state index contributed by atoms with van der Waals surface area (Å²) in [6.45, 7) is 7.80. The second-order valence-corrected chi connectivity index (χ2v) is 7.67. The van der Waals surface area contributed by atoms with Crippen LogP contribution in [0.2, 0.25) is 5.02 Å². The summed E-state index contributed by atoms with van der Waals surface area (Å²) in [5, 5.41) is 5.21. The van der Waals surface area contributed by atoms with Gasteiger partial charge in [-0.1, -0.05) is 11.6 Å². The first-order chi connectivity index (χ1) is 13.1. The van der Waals surface area contributed by atoms with Gasteiger partial charge in [0.1, 0.15) is 17.9 Å². The quantitative estimate of drug-likeness (QED) is 0.709. The molecule has 1 aromatic carbocycles. The first kappa shape index (κ1) is 18.2.